The van der Waals surface area contributed by atoms with Gasteiger partial charge in [-0.05, 0) is 66.8 Å². The van der Waals surface area contributed by atoms with Crippen molar-refractivity contribution < 1.29 is 40.3 Å². The van der Waals surface area contributed by atoms with Crippen molar-refractivity contribution in [1.82, 2.24) is 10.2 Å². The molecule has 1 unspecified atom stereocenters. The van der Waals surface area contributed by atoms with Crippen molar-refractivity contribution in [2.75, 3.05) is 25.0 Å². The van der Waals surface area contributed by atoms with Gasteiger partial charge in [0, 0.05) is 33.6 Å². The monoisotopic (exact) mass is 573 g/mol. The number of anilines is 1. The highest BCUT2D eigenvalue weighted by molar-refractivity contribution is 5.91. The predicted molar refractivity (Wildman–Crippen MR) is 133 cm³/mol. The molecule has 2 aromatic rings. The molecule has 0 aromatic heterocycles. The molecule has 0 spiro atoms. The average Bonchev–Trinajstić information content (AvgIpc) is 3.59. The maximum Gasteiger partial charge on any atom is 0.416 e. The summed E-state index contributed by atoms with van der Waals surface area (Å²) in [4.78, 5) is 28.4. The van der Waals surface area contributed by atoms with E-state index in [2.05, 4.69) is 5.32 Å². The molecule has 2 amide bonds. The molecular weight excluding hydrogens is 543 g/mol. The number of carbonyl (C=O) groups excluding carboxylic acids is 2. The Hall–Kier alpha value is -3.15. The molecule has 1 heterocycles. The first kappa shape index (κ1) is 29.8. The highest BCUT2D eigenvalue weighted by atomic mass is 19.4. The van der Waals surface area contributed by atoms with E-state index in [1.54, 1.807) is 12.1 Å². The summed E-state index contributed by atoms with van der Waals surface area (Å²) in [7, 11) is 1.47. The molecule has 2 fully saturated rings. The minimum atomic E-state index is -4.97. The number of hydrogen-bond donors (Lipinski definition) is 1. The fourth-order valence-electron chi connectivity index (χ4n) is 5.25. The first-order valence-electron chi connectivity index (χ1n) is 12.9. The summed E-state index contributed by atoms with van der Waals surface area (Å²) in [5.41, 5.74) is -3.14. The van der Waals surface area contributed by atoms with Crippen LogP contribution < -0.4 is 10.2 Å². The number of halogens is 7. The van der Waals surface area contributed by atoms with Gasteiger partial charge in [0.25, 0.3) is 0 Å². The van der Waals surface area contributed by atoms with Gasteiger partial charge in [-0.25, -0.2) is 4.39 Å². The van der Waals surface area contributed by atoms with Gasteiger partial charge in [0.15, 0.2) is 0 Å². The lowest BCUT2D eigenvalue weighted by Crippen LogP contribution is -2.43. The van der Waals surface area contributed by atoms with E-state index in [-0.39, 0.29) is 23.2 Å². The van der Waals surface area contributed by atoms with Crippen molar-refractivity contribution in [1.29, 1.82) is 0 Å². The lowest BCUT2D eigenvalue weighted by atomic mass is 9.80. The molecule has 4 rings (SSSR count). The summed E-state index contributed by atoms with van der Waals surface area (Å²) < 4.78 is 93.8. The predicted octanol–water partition coefficient (Wildman–Crippen LogP) is 6.15. The maximum atomic E-state index is 14.3. The van der Waals surface area contributed by atoms with Gasteiger partial charge in [-0.15, -0.1) is 0 Å². The zero-order valence-corrected chi connectivity index (χ0v) is 22.1. The van der Waals surface area contributed by atoms with Crippen molar-refractivity contribution in [3.05, 3.63) is 64.5 Å². The van der Waals surface area contributed by atoms with Crippen LogP contribution in [0.15, 0.2) is 36.4 Å². The first-order valence-corrected chi connectivity index (χ1v) is 12.9. The van der Waals surface area contributed by atoms with Crippen molar-refractivity contribution in [2.45, 2.75) is 58.0 Å². The molecule has 1 saturated heterocycles. The number of likely N-dealkylation sites (tertiary alicyclic amines) is 1. The lowest BCUT2D eigenvalue weighted by molar-refractivity contribution is -0.143. The van der Waals surface area contributed by atoms with Gasteiger partial charge in [0.1, 0.15) is 5.82 Å². The van der Waals surface area contributed by atoms with Gasteiger partial charge in [0.2, 0.25) is 11.8 Å². The summed E-state index contributed by atoms with van der Waals surface area (Å²) in [5, 5.41) is 2.61. The Kier molecular flexibility index (Phi) is 8.22. The van der Waals surface area contributed by atoms with E-state index in [1.807, 2.05) is 4.90 Å². The van der Waals surface area contributed by atoms with Crippen molar-refractivity contribution in [3.63, 3.8) is 0 Å². The smallest absolute Gasteiger partial charge is 0.352 e. The van der Waals surface area contributed by atoms with Crippen LogP contribution in [-0.4, -0.2) is 36.9 Å². The van der Waals surface area contributed by atoms with Gasteiger partial charge in [-0.1, -0.05) is 18.9 Å². The molecule has 5 nitrogen and oxygen atoms in total. The van der Waals surface area contributed by atoms with E-state index in [1.165, 1.54) is 24.9 Å². The van der Waals surface area contributed by atoms with Crippen LogP contribution in [0.4, 0.5) is 36.4 Å². The van der Waals surface area contributed by atoms with Gasteiger partial charge < -0.3 is 10.2 Å². The molecule has 218 valence electrons. The second kappa shape index (κ2) is 11.0. The summed E-state index contributed by atoms with van der Waals surface area (Å²) in [6.07, 6.45) is -7.01. The van der Waals surface area contributed by atoms with Crippen LogP contribution in [0, 0.1) is 17.2 Å². The zero-order valence-electron chi connectivity index (χ0n) is 22.1. The van der Waals surface area contributed by atoms with Crippen LogP contribution in [0.5, 0.6) is 0 Å². The lowest BCUT2D eigenvalue weighted by Gasteiger charge is -2.29. The Morgan fingerprint density at radius 3 is 2.17 bits per heavy atom. The van der Waals surface area contributed by atoms with Gasteiger partial charge in [-0.3, -0.25) is 14.5 Å². The van der Waals surface area contributed by atoms with Crippen molar-refractivity contribution >= 4 is 17.5 Å². The van der Waals surface area contributed by atoms with Crippen molar-refractivity contribution in [3.8, 4) is 0 Å². The van der Waals surface area contributed by atoms with E-state index in [0.717, 1.165) is 18.4 Å². The summed E-state index contributed by atoms with van der Waals surface area (Å²) in [6.45, 7) is 2.08. The molecule has 1 atom stereocenters. The molecule has 1 aliphatic carbocycles. The second-order valence-corrected chi connectivity index (χ2v) is 10.8. The van der Waals surface area contributed by atoms with E-state index in [4.69, 9.17) is 0 Å². The molecule has 1 aliphatic heterocycles. The number of alkyl halides is 6. The molecule has 12 heteroatoms. The van der Waals surface area contributed by atoms with E-state index in [0.29, 0.717) is 50.5 Å². The minimum Gasteiger partial charge on any atom is -0.352 e. The second-order valence-electron chi connectivity index (χ2n) is 10.8. The van der Waals surface area contributed by atoms with Crippen LogP contribution in [0.3, 0.4) is 0 Å². The topological polar surface area (TPSA) is 52.7 Å². The minimum absolute atomic E-state index is 0.0593. The molecule has 1 saturated carbocycles. The third kappa shape index (κ3) is 6.94. The SMILES string of the molecule is CC(=O)N(C)c1cc(CN2CCC(CC3CC3)(C(=O)NCc3cc(C(F)(F)F)cc(C(F)(F)F)c3)C2)ccc1F. The fourth-order valence-corrected chi connectivity index (χ4v) is 5.25. The van der Waals surface area contributed by atoms with Gasteiger partial charge >= 0.3 is 12.4 Å². The Morgan fingerprint density at radius 1 is 1.00 bits per heavy atom. The van der Waals surface area contributed by atoms with Gasteiger partial charge in [0.05, 0.1) is 22.2 Å². The van der Waals surface area contributed by atoms with Crippen LogP contribution in [0.2, 0.25) is 0 Å². The third-order valence-electron chi connectivity index (χ3n) is 7.64. The standard InChI is InChI=1S/C28H30F7N3O2/c1-17(39)37(2)24-11-19(5-6-23(24)29)15-38-8-7-26(16-38,13-18-3-4-18)25(40)36-14-20-9-21(27(30,31)32)12-22(10-20)28(33,34)35/h5-6,9-12,18H,3-4,7-8,13-16H2,1-2H3,(H,36,40). The van der Waals surface area contributed by atoms with Gasteiger partial charge in [-0.2, -0.15) is 26.3 Å². The van der Waals surface area contributed by atoms with Crippen LogP contribution in [0.1, 0.15) is 54.9 Å². The molecule has 40 heavy (non-hydrogen) atoms. The van der Waals surface area contributed by atoms with E-state index in [9.17, 15) is 40.3 Å². The Balaban J connectivity index is 1.49. The molecule has 0 bridgehead atoms. The summed E-state index contributed by atoms with van der Waals surface area (Å²) >= 11 is 0. The number of hydrogen-bond acceptors (Lipinski definition) is 3. The fraction of sp³-hybridized carbons (Fsp3) is 0.500. The van der Waals surface area contributed by atoms with Crippen molar-refractivity contribution in [2.24, 2.45) is 11.3 Å². The number of rotatable bonds is 8. The van der Waals surface area contributed by atoms with Crippen LogP contribution in [0.25, 0.3) is 0 Å². The summed E-state index contributed by atoms with van der Waals surface area (Å²) in [5.74, 6) is -0.962. The highest BCUT2D eigenvalue weighted by Gasteiger charge is 2.47. The van der Waals surface area contributed by atoms with Crippen LogP contribution in [-0.2, 0) is 35.0 Å². The number of nitrogens with one attached hydrogen (secondary N) is 1. The quantitative estimate of drug-likeness (QED) is 0.386. The normalized spacial score (nSPS) is 20.0. The largest absolute Gasteiger partial charge is 0.416 e. The number of nitrogens with zero attached hydrogens (tertiary/aromatic N) is 2. The highest BCUT2D eigenvalue weighted by Crippen LogP contribution is 2.46. The Morgan fingerprint density at radius 2 is 1.62 bits per heavy atom. The third-order valence-corrected chi connectivity index (χ3v) is 7.64. The Bertz CT molecular complexity index is 1240. The Labute approximate surface area is 227 Å². The number of benzene rings is 2. The summed E-state index contributed by atoms with van der Waals surface area (Å²) in [6, 6.07) is 5.74. The molecule has 1 N–H and O–H groups in total. The number of carbonyl (C=O) groups is 2. The number of amides is 2. The van der Waals surface area contributed by atoms with E-state index < -0.39 is 47.2 Å². The maximum absolute atomic E-state index is 14.3. The van der Waals surface area contributed by atoms with E-state index >= 15 is 0 Å². The molecular formula is C28H30F7N3O2. The molecule has 2 aromatic carbocycles. The molecule has 2 aliphatic rings. The molecule has 0 radical (unpaired) electrons. The average molecular weight is 574 g/mol. The first-order chi connectivity index (χ1) is 18.6. The zero-order chi connectivity index (χ0) is 29.5. The van der Waals surface area contributed by atoms with Crippen LogP contribution >= 0.6 is 0 Å².